The third-order valence-electron chi connectivity index (χ3n) is 4.68. The van der Waals surface area contributed by atoms with Crippen molar-refractivity contribution in [3.63, 3.8) is 0 Å². The predicted octanol–water partition coefficient (Wildman–Crippen LogP) is 4.05. The van der Waals surface area contributed by atoms with Gasteiger partial charge in [-0.1, -0.05) is 11.6 Å². The number of anilines is 2. The summed E-state index contributed by atoms with van der Waals surface area (Å²) in [5.41, 5.74) is 2.25. The van der Waals surface area contributed by atoms with E-state index in [0.29, 0.717) is 23.0 Å². The maximum atomic E-state index is 12.5. The van der Waals surface area contributed by atoms with E-state index in [9.17, 15) is 4.79 Å². The molecule has 1 aliphatic carbocycles. The molecule has 148 valence electrons. The Bertz CT molecular complexity index is 834. The lowest BCUT2D eigenvalue weighted by molar-refractivity contribution is 0.102. The molecule has 7 nitrogen and oxygen atoms in total. The summed E-state index contributed by atoms with van der Waals surface area (Å²) in [5, 5.41) is 6.04. The van der Waals surface area contributed by atoms with E-state index in [1.54, 1.807) is 38.6 Å². The first kappa shape index (κ1) is 19.7. The lowest BCUT2D eigenvalue weighted by atomic mass is 9.97. The Morgan fingerprint density at radius 1 is 1.14 bits per heavy atom. The van der Waals surface area contributed by atoms with Crippen LogP contribution in [0.5, 0.6) is 11.5 Å². The molecule has 0 aliphatic heterocycles. The first-order chi connectivity index (χ1) is 13.7. The number of methoxy groups -OCH3 is 2. The topological polar surface area (TPSA) is 85.4 Å². The summed E-state index contributed by atoms with van der Waals surface area (Å²) in [4.78, 5) is 21.0. The molecule has 2 aromatic rings. The van der Waals surface area contributed by atoms with Crippen molar-refractivity contribution in [3.8, 4) is 11.5 Å². The van der Waals surface area contributed by atoms with Crippen LogP contribution < -0.4 is 20.1 Å². The van der Waals surface area contributed by atoms with Crippen LogP contribution in [0.4, 0.5) is 11.5 Å². The number of ether oxygens (including phenoxy) is 2. The number of benzene rings is 1. The van der Waals surface area contributed by atoms with E-state index in [-0.39, 0.29) is 11.6 Å². The van der Waals surface area contributed by atoms with Gasteiger partial charge in [-0.3, -0.25) is 4.79 Å². The van der Waals surface area contributed by atoms with Crippen molar-refractivity contribution in [3.05, 3.63) is 47.9 Å². The summed E-state index contributed by atoms with van der Waals surface area (Å²) in [6.45, 7) is 0.813. The van der Waals surface area contributed by atoms with E-state index in [4.69, 9.17) is 9.47 Å². The van der Waals surface area contributed by atoms with E-state index in [1.807, 2.05) is 0 Å². The van der Waals surface area contributed by atoms with Crippen LogP contribution in [0.1, 0.15) is 42.6 Å². The molecule has 1 aliphatic rings. The van der Waals surface area contributed by atoms with Crippen molar-refractivity contribution in [2.45, 2.75) is 32.1 Å². The fraction of sp³-hybridized carbons (Fsp3) is 0.381. The minimum atomic E-state index is -0.363. The van der Waals surface area contributed by atoms with E-state index in [0.717, 1.165) is 13.0 Å². The van der Waals surface area contributed by atoms with Crippen molar-refractivity contribution >= 4 is 17.4 Å². The normalized spacial score (nSPS) is 13.4. The molecule has 0 radical (unpaired) electrons. The van der Waals surface area contributed by atoms with Gasteiger partial charge in [0.2, 0.25) is 0 Å². The molecule has 0 spiro atoms. The van der Waals surface area contributed by atoms with E-state index in [2.05, 4.69) is 26.7 Å². The molecule has 1 aromatic carbocycles. The molecule has 0 saturated heterocycles. The SMILES string of the molecule is COc1ccc(OC)c(NC(=O)c2cnc(NCCC3=CCCCC3)cn2)c1. The van der Waals surface area contributed by atoms with Crippen molar-refractivity contribution < 1.29 is 14.3 Å². The zero-order chi connectivity index (χ0) is 19.8. The summed E-state index contributed by atoms with van der Waals surface area (Å²) in [6, 6.07) is 5.19. The highest BCUT2D eigenvalue weighted by molar-refractivity contribution is 6.03. The highest BCUT2D eigenvalue weighted by Crippen LogP contribution is 2.29. The Hall–Kier alpha value is -3.09. The Labute approximate surface area is 165 Å². The summed E-state index contributed by atoms with van der Waals surface area (Å²) < 4.78 is 10.5. The van der Waals surface area contributed by atoms with Crippen LogP contribution in [-0.2, 0) is 0 Å². The Morgan fingerprint density at radius 2 is 2.04 bits per heavy atom. The highest BCUT2D eigenvalue weighted by Gasteiger charge is 2.13. The van der Waals surface area contributed by atoms with Gasteiger partial charge in [0, 0.05) is 12.6 Å². The molecule has 0 atom stereocenters. The largest absolute Gasteiger partial charge is 0.497 e. The van der Waals surface area contributed by atoms with Gasteiger partial charge in [-0.25, -0.2) is 9.97 Å². The van der Waals surface area contributed by atoms with Crippen molar-refractivity contribution in [2.24, 2.45) is 0 Å². The quantitative estimate of drug-likeness (QED) is 0.670. The van der Waals surface area contributed by atoms with Gasteiger partial charge >= 0.3 is 0 Å². The molecular weight excluding hydrogens is 356 g/mol. The number of amides is 1. The predicted molar refractivity (Wildman–Crippen MR) is 109 cm³/mol. The number of allylic oxidation sites excluding steroid dienone is 1. The number of aromatic nitrogens is 2. The smallest absolute Gasteiger partial charge is 0.275 e. The van der Waals surface area contributed by atoms with Gasteiger partial charge in [0.05, 0.1) is 32.3 Å². The number of hydrogen-bond acceptors (Lipinski definition) is 6. The van der Waals surface area contributed by atoms with Crippen LogP contribution in [-0.4, -0.2) is 36.6 Å². The van der Waals surface area contributed by atoms with Crippen LogP contribution in [0.2, 0.25) is 0 Å². The zero-order valence-corrected chi connectivity index (χ0v) is 16.3. The van der Waals surface area contributed by atoms with Crippen molar-refractivity contribution in [2.75, 3.05) is 31.4 Å². The van der Waals surface area contributed by atoms with Gasteiger partial charge in [-0.2, -0.15) is 0 Å². The van der Waals surface area contributed by atoms with Gasteiger partial charge in [-0.05, 0) is 44.2 Å². The number of nitrogens with zero attached hydrogens (tertiary/aromatic N) is 2. The number of nitrogens with one attached hydrogen (secondary N) is 2. The standard InChI is InChI=1S/C21H26N4O3/c1-27-16-8-9-19(28-2)17(12-16)25-21(26)18-13-24-20(14-23-18)22-11-10-15-6-4-3-5-7-15/h6,8-9,12-14H,3-5,7,10-11H2,1-2H3,(H,22,24)(H,25,26). The fourth-order valence-electron chi connectivity index (χ4n) is 3.12. The van der Waals surface area contributed by atoms with Gasteiger partial charge in [0.25, 0.3) is 5.91 Å². The zero-order valence-electron chi connectivity index (χ0n) is 16.3. The third kappa shape index (κ3) is 5.22. The molecule has 1 aromatic heterocycles. The monoisotopic (exact) mass is 382 g/mol. The second kappa shape index (κ2) is 9.73. The minimum Gasteiger partial charge on any atom is -0.497 e. The molecule has 28 heavy (non-hydrogen) atoms. The first-order valence-electron chi connectivity index (χ1n) is 9.47. The van der Waals surface area contributed by atoms with Crippen LogP contribution in [0.3, 0.4) is 0 Å². The summed E-state index contributed by atoms with van der Waals surface area (Å²) in [6.07, 6.45) is 11.4. The average molecular weight is 382 g/mol. The second-order valence-electron chi connectivity index (χ2n) is 6.59. The van der Waals surface area contributed by atoms with Crippen LogP contribution >= 0.6 is 0 Å². The van der Waals surface area contributed by atoms with Gasteiger partial charge in [0.15, 0.2) is 0 Å². The number of carbonyl (C=O) groups excluding carboxylic acids is 1. The van der Waals surface area contributed by atoms with Gasteiger partial charge in [0.1, 0.15) is 23.0 Å². The molecule has 7 heteroatoms. The summed E-state index contributed by atoms with van der Waals surface area (Å²) >= 11 is 0. The van der Waals surface area contributed by atoms with E-state index < -0.39 is 0 Å². The lowest BCUT2D eigenvalue weighted by Gasteiger charge is -2.13. The van der Waals surface area contributed by atoms with Gasteiger partial charge < -0.3 is 20.1 Å². The molecule has 0 fully saturated rings. The number of carbonyl (C=O) groups is 1. The third-order valence-corrected chi connectivity index (χ3v) is 4.68. The average Bonchev–Trinajstić information content (AvgIpc) is 2.75. The lowest BCUT2D eigenvalue weighted by Crippen LogP contribution is -2.15. The van der Waals surface area contributed by atoms with Gasteiger partial charge in [-0.15, -0.1) is 0 Å². The molecule has 3 rings (SSSR count). The Balaban J connectivity index is 1.57. The van der Waals surface area contributed by atoms with Crippen LogP contribution in [0, 0.1) is 0 Å². The fourth-order valence-corrected chi connectivity index (χ4v) is 3.12. The maximum Gasteiger partial charge on any atom is 0.275 e. The Morgan fingerprint density at radius 3 is 2.71 bits per heavy atom. The molecule has 0 saturated carbocycles. The number of hydrogen-bond donors (Lipinski definition) is 2. The molecular formula is C21H26N4O3. The van der Waals surface area contributed by atoms with Crippen LogP contribution in [0.15, 0.2) is 42.2 Å². The van der Waals surface area contributed by atoms with Crippen LogP contribution in [0.25, 0.3) is 0 Å². The molecule has 0 bridgehead atoms. The molecule has 1 heterocycles. The first-order valence-corrected chi connectivity index (χ1v) is 9.47. The molecule has 1 amide bonds. The molecule has 0 unspecified atom stereocenters. The van der Waals surface area contributed by atoms with E-state index in [1.165, 1.54) is 37.5 Å². The minimum absolute atomic E-state index is 0.227. The molecule has 2 N–H and O–H groups in total. The summed E-state index contributed by atoms with van der Waals surface area (Å²) in [5.74, 6) is 1.46. The second-order valence-corrected chi connectivity index (χ2v) is 6.59. The van der Waals surface area contributed by atoms with Crippen molar-refractivity contribution in [1.29, 1.82) is 0 Å². The van der Waals surface area contributed by atoms with Crippen molar-refractivity contribution in [1.82, 2.24) is 9.97 Å². The highest BCUT2D eigenvalue weighted by atomic mass is 16.5. The summed E-state index contributed by atoms with van der Waals surface area (Å²) in [7, 11) is 3.11. The maximum absolute atomic E-state index is 12.5. The van der Waals surface area contributed by atoms with E-state index >= 15 is 0 Å². The Kier molecular flexibility index (Phi) is 6.84. The number of rotatable bonds is 8.